The first-order chi connectivity index (χ1) is 15.5. The lowest BCUT2D eigenvalue weighted by Gasteiger charge is -2.13. The van der Waals surface area contributed by atoms with Gasteiger partial charge in [0, 0.05) is 45.6 Å². The van der Waals surface area contributed by atoms with E-state index in [4.69, 9.17) is 23.2 Å². The van der Waals surface area contributed by atoms with Gasteiger partial charge in [-0.15, -0.1) is 0 Å². The Morgan fingerprint density at radius 2 is 0.938 bits per heavy atom. The summed E-state index contributed by atoms with van der Waals surface area (Å²) in [5, 5.41) is 0.370. The molecule has 160 valence electrons. The van der Waals surface area contributed by atoms with Gasteiger partial charge in [0.1, 0.15) is 0 Å². The van der Waals surface area contributed by atoms with E-state index in [-0.39, 0.29) is 27.0 Å². The van der Waals surface area contributed by atoms with Crippen LogP contribution < -0.4 is 0 Å². The van der Waals surface area contributed by atoms with Crippen molar-refractivity contribution in [3.8, 4) is 0 Å². The van der Waals surface area contributed by atoms with E-state index in [2.05, 4.69) is 0 Å². The van der Waals surface area contributed by atoms with Crippen LogP contribution >= 0.6 is 23.2 Å². The molecule has 0 aromatic heterocycles. The van der Waals surface area contributed by atoms with Crippen LogP contribution in [0.25, 0.3) is 0 Å². The van der Waals surface area contributed by atoms with Crippen molar-refractivity contribution in [3.63, 3.8) is 0 Å². The number of ketones is 1. The van der Waals surface area contributed by atoms with Gasteiger partial charge in [-0.1, -0.05) is 59.6 Å². The van der Waals surface area contributed by atoms with Gasteiger partial charge in [0.15, 0.2) is 25.4 Å². The lowest BCUT2D eigenvalue weighted by atomic mass is 10.0. The van der Waals surface area contributed by atoms with Gasteiger partial charge < -0.3 is 9.11 Å². The van der Waals surface area contributed by atoms with Gasteiger partial charge in [-0.05, 0) is 48.5 Å². The van der Waals surface area contributed by atoms with E-state index in [1.54, 1.807) is 48.5 Å². The van der Waals surface area contributed by atoms with E-state index < -0.39 is 22.4 Å². The lowest BCUT2D eigenvalue weighted by molar-refractivity contribution is 0.103. The van der Waals surface area contributed by atoms with Crippen molar-refractivity contribution in [2.75, 3.05) is 0 Å². The lowest BCUT2D eigenvalue weighted by Crippen LogP contribution is -2.07. The first-order valence-corrected chi connectivity index (χ1v) is 12.6. The van der Waals surface area contributed by atoms with Gasteiger partial charge in [-0.3, -0.25) is 4.79 Å². The van der Waals surface area contributed by atoms with Crippen molar-refractivity contribution in [1.29, 1.82) is 0 Å². The van der Waals surface area contributed by atoms with Gasteiger partial charge in [-0.25, -0.2) is 0 Å². The van der Waals surface area contributed by atoms with Crippen molar-refractivity contribution in [3.05, 3.63) is 118 Å². The third kappa shape index (κ3) is 4.89. The molecule has 0 aliphatic carbocycles. The highest BCUT2D eigenvalue weighted by Crippen LogP contribution is 2.31. The summed E-state index contributed by atoms with van der Waals surface area (Å²) in [6.07, 6.45) is 0. The molecular formula is C25H16Cl2O3S2. The maximum atomic E-state index is 13.1. The summed E-state index contributed by atoms with van der Waals surface area (Å²) in [6.45, 7) is 0. The number of rotatable bonds is 6. The van der Waals surface area contributed by atoms with Crippen LogP contribution in [0, 0.1) is 0 Å². The number of halogens is 2. The Morgan fingerprint density at radius 3 is 1.28 bits per heavy atom. The standard InChI is InChI=1S/C25H16Cl2O3S2/c26-23-15-19(31(29)17-7-3-1-4-8-17)11-13-21(23)25(28)22-14-12-20(16-24(22)27)32(30)18-9-5-2-6-10-18/h1-16H. The summed E-state index contributed by atoms with van der Waals surface area (Å²) in [6, 6.07) is 27.4. The molecule has 0 heterocycles. The van der Waals surface area contributed by atoms with Gasteiger partial charge >= 0.3 is 0 Å². The fourth-order valence-corrected chi connectivity index (χ4v) is 5.94. The second-order valence-electron chi connectivity index (χ2n) is 6.78. The molecule has 0 saturated carbocycles. The van der Waals surface area contributed by atoms with Gasteiger partial charge in [0.05, 0.1) is 10.0 Å². The van der Waals surface area contributed by atoms with Crippen LogP contribution in [0.2, 0.25) is 10.0 Å². The van der Waals surface area contributed by atoms with Crippen molar-refractivity contribution in [1.82, 2.24) is 0 Å². The molecule has 2 atom stereocenters. The topological polar surface area (TPSA) is 63.2 Å². The Bertz CT molecular complexity index is 1150. The summed E-state index contributed by atoms with van der Waals surface area (Å²) < 4.78 is 25.5. The van der Waals surface area contributed by atoms with Crippen LogP contribution in [-0.4, -0.2) is 14.9 Å². The minimum Gasteiger partial charge on any atom is -0.606 e. The van der Waals surface area contributed by atoms with E-state index in [1.165, 1.54) is 12.1 Å². The minimum atomic E-state index is -1.41. The van der Waals surface area contributed by atoms with E-state index >= 15 is 0 Å². The van der Waals surface area contributed by atoms with Crippen molar-refractivity contribution in [2.24, 2.45) is 0 Å². The summed E-state index contributed by atoms with van der Waals surface area (Å²) >= 11 is 9.93. The molecule has 3 nitrogen and oxygen atoms in total. The fraction of sp³-hybridized carbons (Fsp3) is 0. The Hall–Kier alpha value is -2.25. The first kappa shape index (κ1) is 22.9. The monoisotopic (exact) mass is 498 g/mol. The highest BCUT2D eigenvalue weighted by molar-refractivity contribution is 7.91. The molecule has 0 N–H and O–H groups in total. The van der Waals surface area contributed by atoms with Gasteiger partial charge in [0.25, 0.3) is 0 Å². The summed E-state index contributed by atoms with van der Waals surface area (Å²) in [7, 11) is 0. The number of hydrogen-bond donors (Lipinski definition) is 0. The van der Waals surface area contributed by atoms with Crippen LogP contribution in [-0.2, 0) is 22.4 Å². The van der Waals surface area contributed by atoms with Crippen molar-refractivity contribution in [2.45, 2.75) is 19.6 Å². The quantitative estimate of drug-likeness (QED) is 0.223. The first-order valence-electron chi connectivity index (χ1n) is 9.53. The summed E-state index contributed by atoms with van der Waals surface area (Å²) in [5.41, 5.74) is 0.499. The Kier molecular flexibility index (Phi) is 7.26. The van der Waals surface area contributed by atoms with Crippen LogP contribution in [0.5, 0.6) is 0 Å². The van der Waals surface area contributed by atoms with Crippen LogP contribution in [0.15, 0.2) is 117 Å². The van der Waals surface area contributed by atoms with E-state index in [1.807, 2.05) is 36.4 Å². The fourth-order valence-electron chi connectivity index (χ4n) is 3.10. The second-order valence-corrected chi connectivity index (χ2v) is 10.6. The van der Waals surface area contributed by atoms with E-state index in [9.17, 15) is 13.9 Å². The molecule has 4 aromatic carbocycles. The zero-order valence-electron chi connectivity index (χ0n) is 16.5. The third-order valence-electron chi connectivity index (χ3n) is 4.71. The molecule has 0 aliphatic rings. The average molecular weight is 499 g/mol. The molecule has 0 saturated heterocycles. The van der Waals surface area contributed by atoms with E-state index in [0.717, 1.165) is 0 Å². The number of benzene rings is 4. The highest BCUT2D eigenvalue weighted by Gasteiger charge is 2.22. The Labute approximate surface area is 202 Å². The van der Waals surface area contributed by atoms with Crippen LogP contribution in [0.3, 0.4) is 0 Å². The smallest absolute Gasteiger partial charge is 0.196 e. The van der Waals surface area contributed by atoms with Gasteiger partial charge in [0.2, 0.25) is 0 Å². The Balaban J connectivity index is 1.59. The molecule has 0 radical (unpaired) electrons. The molecule has 0 fully saturated rings. The van der Waals surface area contributed by atoms with Crippen LogP contribution in [0.4, 0.5) is 0 Å². The number of carbonyl (C=O) groups is 1. The predicted molar refractivity (Wildman–Crippen MR) is 129 cm³/mol. The molecule has 0 spiro atoms. The largest absolute Gasteiger partial charge is 0.606 e. The maximum absolute atomic E-state index is 13.1. The molecule has 0 amide bonds. The summed E-state index contributed by atoms with van der Waals surface area (Å²) in [5.74, 6) is -0.367. The average Bonchev–Trinajstić information content (AvgIpc) is 2.83. The summed E-state index contributed by atoms with van der Waals surface area (Å²) in [4.78, 5) is 15.4. The zero-order valence-corrected chi connectivity index (χ0v) is 19.7. The molecule has 4 aromatic rings. The van der Waals surface area contributed by atoms with Crippen LogP contribution in [0.1, 0.15) is 15.9 Å². The Morgan fingerprint density at radius 1 is 0.562 bits per heavy atom. The third-order valence-corrected chi connectivity index (χ3v) is 8.10. The molecule has 2 unspecified atom stereocenters. The molecule has 7 heteroatoms. The second kappa shape index (κ2) is 10.1. The minimum absolute atomic E-state index is 0.185. The maximum Gasteiger partial charge on any atom is 0.196 e. The number of carbonyl (C=O) groups excluding carboxylic acids is 1. The van der Waals surface area contributed by atoms with Gasteiger partial charge in [-0.2, -0.15) is 0 Å². The molecular weight excluding hydrogens is 483 g/mol. The number of hydrogen-bond acceptors (Lipinski definition) is 3. The molecule has 0 bridgehead atoms. The predicted octanol–water partition coefficient (Wildman–Crippen LogP) is 6.56. The molecule has 32 heavy (non-hydrogen) atoms. The normalized spacial score (nSPS) is 12.9. The molecule has 4 rings (SSSR count). The SMILES string of the molecule is O=C(c1ccc([S+]([O-])c2ccccc2)cc1Cl)c1ccc([S+]([O-])c2ccccc2)cc1Cl. The van der Waals surface area contributed by atoms with Crippen molar-refractivity contribution < 1.29 is 13.9 Å². The van der Waals surface area contributed by atoms with Crippen molar-refractivity contribution >= 4 is 51.3 Å². The molecule has 0 aliphatic heterocycles. The van der Waals surface area contributed by atoms with E-state index in [0.29, 0.717) is 19.6 Å². The highest BCUT2D eigenvalue weighted by atomic mass is 35.5. The zero-order chi connectivity index (χ0) is 22.7.